The third-order valence-electron chi connectivity index (χ3n) is 4.51. The van der Waals surface area contributed by atoms with Crippen LogP contribution >= 0.6 is 0 Å². The molecular weight excluding hydrogens is 304 g/mol. The fraction of sp³-hybridized carbons (Fsp3) is 0.500. The van der Waals surface area contributed by atoms with E-state index in [0.717, 1.165) is 25.0 Å². The van der Waals surface area contributed by atoms with Crippen molar-refractivity contribution in [2.45, 2.75) is 32.8 Å². The van der Waals surface area contributed by atoms with Gasteiger partial charge in [-0.25, -0.2) is 4.98 Å². The Morgan fingerprint density at radius 1 is 1.38 bits per heavy atom. The van der Waals surface area contributed by atoms with E-state index in [1.807, 2.05) is 24.3 Å². The highest BCUT2D eigenvalue weighted by molar-refractivity contribution is 5.94. The minimum Gasteiger partial charge on any atom is -0.378 e. The molecule has 2 N–H and O–H groups in total. The van der Waals surface area contributed by atoms with E-state index in [1.165, 1.54) is 6.33 Å². The average molecular weight is 328 g/mol. The van der Waals surface area contributed by atoms with Gasteiger partial charge in [0.05, 0.1) is 6.10 Å². The number of nitrogens with one attached hydrogen (secondary N) is 2. The number of amides is 1. The lowest BCUT2D eigenvalue weighted by Crippen LogP contribution is -2.41. The van der Waals surface area contributed by atoms with Gasteiger partial charge in [-0.05, 0) is 30.9 Å². The smallest absolute Gasteiger partial charge is 0.251 e. The first-order chi connectivity index (χ1) is 11.6. The fourth-order valence-electron chi connectivity index (χ4n) is 3.27. The molecule has 6 nitrogen and oxygen atoms in total. The van der Waals surface area contributed by atoms with Crippen LogP contribution in [-0.4, -0.2) is 40.3 Å². The van der Waals surface area contributed by atoms with Gasteiger partial charge in [-0.1, -0.05) is 26.0 Å². The van der Waals surface area contributed by atoms with Gasteiger partial charge in [0.25, 0.3) is 5.91 Å². The molecule has 3 rings (SSSR count). The molecule has 1 amide bonds. The summed E-state index contributed by atoms with van der Waals surface area (Å²) in [6.45, 7) is 5.84. The summed E-state index contributed by atoms with van der Waals surface area (Å²) in [4.78, 5) is 16.5. The number of carbonyl (C=O) groups excluding carboxylic acids is 1. The van der Waals surface area contributed by atoms with E-state index in [-0.39, 0.29) is 12.0 Å². The van der Waals surface area contributed by atoms with Crippen molar-refractivity contribution in [1.29, 1.82) is 0 Å². The van der Waals surface area contributed by atoms with Crippen LogP contribution in [0.25, 0.3) is 11.4 Å². The largest absolute Gasteiger partial charge is 0.378 e. The molecule has 1 aromatic carbocycles. The Balaban J connectivity index is 1.58. The van der Waals surface area contributed by atoms with E-state index in [2.05, 4.69) is 34.3 Å². The van der Waals surface area contributed by atoms with Crippen LogP contribution in [0.4, 0.5) is 0 Å². The normalized spacial score (nSPS) is 21.0. The Hall–Kier alpha value is -2.21. The number of ether oxygens (including phenoxy) is 1. The summed E-state index contributed by atoms with van der Waals surface area (Å²) in [5.41, 5.74) is 1.56. The molecule has 1 aliphatic rings. The highest BCUT2D eigenvalue weighted by Gasteiger charge is 2.28. The van der Waals surface area contributed by atoms with E-state index in [0.29, 0.717) is 29.8 Å². The van der Waals surface area contributed by atoms with Crippen LogP contribution < -0.4 is 5.32 Å². The van der Waals surface area contributed by atoms with E-state index >= 15 is 0 Å². The van der Waals surface area contributed by atoms with E-state index in [9.17, 15) is 4.79 Å². The zero-order valence-corrected chi connectivity index (χ0v) is 14.2. The van der Waals surface area contributed by atoms with Crippen molar-refractivity contribution in [2.75, 3.05) is 13.2 Å². The number of aromatic amines is 1. The van der Waals surface area contributed by atoms with Crippen LogP contribution in [0.1, 0.15) is 37.0 Å². The number of benzene rings is 1. The molecular formula is C18H24N4O2. The molecule has 1 saturated heterocycles. The first-order valence-corrected chi connectivity index (χ1v) is 8.50. The number of nitrogens with zero attached hydrogens (tertiary/aromatic N) is 2. The second kappa shape index (κ2) is 7.57. The molecule has 1 aliphatic heterocycles. The van der Waals surface area contributed by atoms with Crippen molar-refractivity contribution in [2.24, 2.45) is 11.8 Å². The lowest BCUT2D eigenvalue weighted by Gasteiger charge is -2.34. The third kappa shape index (κ3) is 3.82. The SMILES string of the molecule is CC(C)[C@@H]1OCCC[C@@H]1CNC(=O)c1ccc(-c2ncn[nH]2)cc1. The molecule has 24 heavy (non-hydrogen) atoms. The van der Waals surface area contributed by atoms with E-state index in [1.54, 1.807) is 0 Å². The summed E-state index contributed by atoms with van der Waals surface area (Å²) < 4.78 is 5.88. The van der Waals surface area contributed by atoms with Gasteiger partial charge in [0.1, 0.15) is 6.33 Å². The van der Waals surface area contributed by atoms with Gasteiger partial charge in [0.15, 0.2) is 5.82 Å². The molecule has 2 atom stereocenters. The second-order valence-electron chi connectivity index (χ2n) is 6.60. The van der Waals surface area contributed by atoms with Crippen molar-refractivity contribution in [3.8, 4) is 11.4 Å². The Bertz CT molecular complexity index is 652. The number of hydrogen-bond acceptors (Lipinski definition) is 4. The minimum absolute atomic E-state index is 0.0489. The molecule has 0 aliphatic carbocycles. The highest BCUT2D eigenvalue weighted by Crippen LogP contribution is 2.25. The summed E-state index contributed by atoms with van der Waals surface area (Å²) in [6, 6.07) is 7.36. The molecule has 6 heteroatoms. The van der Waals surface area contributed by atoms with Crippen LogP contribution in [0, 0.1) is 11.8 Å². The average Bonchev–Trinajstić information content (AvgIpc) is 3.14. The lowest BCUT2D eigenvalue weighted by molar-refractivity contribution is -0.0510. The first kappa shape index (κ1) is 16.6. The topological polar surface area (TPSA) is 79.9 Å². The number of rotatable bonds is 5. The molecule has 0 unspecified atom stereocenters. The van der Waals surface area contributed by atoms with Crippen molar-refractivity contribution < 1.29 is 9.53 Å². The maximum atomic E-state index is 12.4. The number of aromatic nitrogens is 3. The fourth-order valence-corrected chi connectivity index (χ4v) is 3.27. The number of hydrogen-bond donors (Lipinski definition) is 2. The van der Waals surface area contributed by atoms with Crippen LogP contribution in [0.3, 0.4) is 0 Å². The molecule has 0 saturated carbocycles. The van der Waals surface area contributed by atoms with Crippen molar-refractivity contribution in [1.82, 2.24) is 20.5 Å². The zero-order chi connectivity index (χ0) is 16.9. The van der Waals surface area contributed by atoms with Gasteiger partial charge >= 0.3 is 0 Å². The van der Waals surface area contributed by atoms with Gasteiger partial charge in [-0.15, -0.1) is 0 Å². The van der Waals surface area contributed by atoms with Crippen molar-refractivity contribution in [3.05, 3.63) is 36.2 Å². The lowest BCUT2D eigenvalue weighted by atomic mass is 9.87. The summed E-state index contributed by atoms with van der Waals surface area (Å²) in [7, 11) is 0. The van der Waals surface area contributed by atoms with Gasteiger partial charge in [-0.3, -0.25) is 9.89 Å². The van der Waals surface area contributed by atoms with Crippen LogP contribution in [-0.2, 0) is 4.74 Å². The quantitative estimate of drug-likeness (QED) is 0.884. The maximum Gasteiger partial charge on any atom is 0.251 e. The molecule has 1 fully saturated rings. The van der Waals surface area contributed by atoms with Gasteiger partial charge < -0.3 is 10.1 Å². The minimum atomic E-state index is -0.0489. The predicted molar refractivity (Wildman–Crippen MR) is 91.5 cm³/mol. The highest BCUT2D eigenvalue weighted by atomic mass is 16.5. The van der Waals surface area contributed by atoms with Gasteiger partial charge in [-0.2, -0.15) is 5.10 Å². The summed E-state index contributed by atoms with van der Waals surface area (Å²) in [6.07, 6.45) is 3.86. The molecule has 0 bridgehead atoms. The summed E-state index contributed by atoms with van der Waals surface area (Å²) in [5, 5.41) is 9.69. The summed E-state index contributed by atoms with van der Waals surface area (Å²) in [5.74, 6) is 1.50. The maximum absolute atomic E-state index is 12.4. The zero-order valence-electron chi connectivity index (χ0n) is 14.2. The number of carbonyl (C=O) groups is 1. The van der Waals surface area contributed by atoms with Gasteiger partial charge in [0, 0.05) is 30.2 Å². The molecule has 2 heterocycles. The molecule has 2 aromatic rings. The monoisotopic (exact) mass is 328 g/mol. The Labute approximate surface area is 142 Å². The predicted octanol–water partition coefficient (Wildman–Crippen LogP) is 2.65. The number of H-pyrrole nitrogens is 1. The standard InChI is InChI=1S/C18H24N4O2/c1-12(2)16-15(4-3-9-24-16)10-19-18(23)14-7-5-13(6-8-14)17-20-11-21-22-17/h5-8,11-12,15-16H,3-4,9-10H2,1-2H3,(H,19,23)(H,20,21,22)/t15-,16+/m1/s1. The van der Waals surface area contributed by atoms with Crippen LogP contribution in [0.5, 0.6) is 0 Å². The molecule has 1 aromatic heterocycles. The molecule has 128 valence electrons. The summed E-state index contributed by atoms with van der Waals surface area (Å²) >= 11 is 0. The second-order valence-corrected chi connectivity index (χ2v) is 6.60. The first-order valence-electron chi connectivity index (χ1n) is 8.50. The van der Waals surface area contributed by atoms with Crippen molar-refractivity contribution >= 4 is 5.91 Å². The van der Waals surface area contributed by atoms with E-state index in [4.69, 9.17) is 4.74 Å². The third-order valence-corrected chi connectivity index (χ3v) is 4.51. The van der Waals surface area contributed by atoms with Crippen LogP contribution in [0.2, 0.25) is 0 Å². The Morgan fingerprint density at radius 3 is 2.83 bits per heavy atom. The molecule has 0 spiro atoms. The van der Waals surface area contributed by atoms with Crippen LogP contribution in [0.15, 0.2) is 30.6 Å². The Morgan fingerprint density at radius 2 is 2.17 bits per heavy atom. The van der Waals surface area contributed by atoms with E-state index < -0.39 is 0 Å². The van der Waals surface area contributed by atoms with Crippen molar-refractivity contribution in [3.63, 3.8) is 0 Å². The molecule has 0 radical (unpaired) electrons. The Kier molecular flexibility index (Phi) is 5.25. The van der Waals surface area contributed by atoms with Gasteiger partial charge in [0.2, 0.25) is 0 Å².